The average molecular weight is 389 g/mol. The van der Waals surface area contributed by atoms with E-state index in [1.807, 2.05) is 0 Å². The summed E-state index contributed by atoms with van der Waals surface area (Å²) >= 11 is 3.11. The van der Waals surface area contributed by atoms with Crippen LogP contribution in [0.25, 0.3) is 21.1 Å². The highest BCUT2D eigenvalue weighted by Crippen LogP contribution is 2.32. The minimum atomic E-state index is -0.0305. The van der Waals surface area contributed by atoms with Crippen molar-refractivity contribution in [2.75, 3.05) is 10.6 Å². The van der Waals surface area contributed by atoms with Gasteiger partial charge in [0.2, 0.25) is 10.3 Å². The maximum atomic E-state index is 4.29. The van der Waals surface area contributed by atoms with Crippen LogP contribution in [0.2, 0.25) is 0 Å². The molecule has 2 aromatic heterocycles. The molecule has 26 heavy (non-hydrogen) atoms. The molecule has 1 aromatic carbocycles. The van der Waals surface area contributed by atoms with Gasteiger partial charge in [0, 0.05) is 22.2 Å². The van der Waals surface area contributed by atoms with E-state index in [9.17, 15) is 0 Å². The van der Waals surface area contributed by atoms with Crippen molar-refractivity contribution >= 4 is 32.9 Å². The molecule has 0 saturated carbocycles. The molecular weight excluding hydrogens is 364 g/mol. The van der Waals surface area contributed by atoms with Gasteiger partial charge < -0.3 is 10.6 Å². The molecule has 0 aliphatic rings. The van der Waals surface area contributed by atoms with Gasteiger partial charge in [-0.25, -0.2) is 0 Å². The number of hydrogen-bond donors (Lipinski definition) is 2. The van der Waals surface area contributed by atoms with Gasteiger partial charge in [0.15, 0.2) is 0 Å². The largest absolute Gasteiger partial charge is 0.355 e. The highest BCUT2D eigenvalue weighted by molar-refractivity contribution is 7.18. The number of anilines is 2. The smallest absolute Gasteiger partial charge is 0.206 e. The predicted molar refractivity (Wildman–Crippen MR) is 111 cm³/mol. The third-order valence-corrected chi connectivity index (χ3v) is 4.97. The van der Waals surface area contributed by atoms with Crippen molar-refractivity contribution in [1.82, 2.24) is 20.4 Å². The monoisotopic (exact) mass is 388 g/mol. The lowest BCUT2D eigenvalue weighted by molar-refractivity contribution is 0.631. The quantitative estimate of drug-likeness (QED) is 0.644. The summed E-state index contributed by atoms with van der Waals surface area (Å²) in [7, 11) is 0. The van der Waals surface area contributed by atoms with Crippen LogP contribution in [0.4, 0.5) is 10.3 Å². The van der Waals surface area contributed by atoms with E-state index in [-0.39, 0.29) is 11.1 Å². The number of hydrogen-bond acceptors (Lipinski definition) is 8. The summed E-state index contributed by atoms with van der Waals surface area (Å²) in [5, 5.41) is 27.2. The lowest BCUT2D eigenvalue weighted by Gasteiger charge is -2.18. The van der Waals surface area contributed by atoms with Gasteiger partial charge in [-0.3, -0.25) is 0 Å². The van der Waals surface area contributed by atoms with Crippen molar-refractivity contribution in [3.8, 4) is 21.1 Å². The van der Waals surface area contributed by atoms with Crippen LogP contribution in [0.15, 0.2) is 24.3 Å². The first-order valence-corrected chi connectivity index (χ1v) is 10.1. The van der Waals surface area contributed by atoms with Gasteiger partial charge in [0.1, 0.15) is 10.0 Å². The van der Waals surface area contributed by atoms with Crippen molar-refractivity contribution < 1.29 is 0 Å². The van der Waals surface area contributed by atoms with Crippen molar-refractivity contribution in [1.29, 1.82) is 0 Å². The Hall–Kier alpha value is -2.06. The molecule has 3 aromatic rings. The zero-order valence-corrected chi connectivity index (χ0v) is 17.5. The third kappa shape index (κ3) is 4.98. The van der Waals surface area contributed by atoms with E-state index in [2.05, 4.69) is 96.8 Å². The Labute approximate surface area is 162 Å². The summed E-state index contributed by atoms with van der Waals surface area (Å²) in [6.45, 7) is 12.6. The number of aromatic nitrogens is 4. The van der Waals surface area contributed by atoms with Crippen LogP contribution >= 0.6 is 22.7 Å². The van der Waals surface area contributed by atoms with E-state index in [0.29, 0.717) is 0 Å². The van der Waals surface area contributed by atoms with Crippen LogP contribution in [0.1, 0.15) is 41.5 Å². The Balaban J connectivity index is 1.75. The molecular formula is C18H24N6S2. The van der Waals surface area contributed by atoms with E-state index >= 15 is 0 Å². The lowest BCUT2D eigenvalue weighted by atomic mass is 10.1. The Kier molecular flexibility index (Phi) is 4.98. The molecule has 2 heterocycles. The molecule has 2 N–H and O–H groups in total. The maximum absolute atomic E-state index is 4.29. The maximum Gasteiger partial charge on any atom is 0.206 e. The van der Waals surface area contributed by atoms with Crippen LogP contribution in [0.5, 0.6) is 0 Å². The first-order chi connectivity index (χ1) is 12.1. The average Bonchev–Trinajstić information content (AvgIpc) is 3.14. The summed E-state index contributed by atoms with van der Waals surface area (Å²) in [4.78, 5) is 0. The van der Waals surface area contributed by atoms with Crippen LogP contribution in [-0.4, -0.2) is 31.5 Å². The summed E-state index contributed by atoms with van der Waals surface area (Å²) in [6, 6.07) is 8.20. The molecule has 0 atom stereocenters. The molecule has 0 aliphatic heterocycles. The minimum Gasteiger partial charge on any atom is -0.355 e. The predicted octanol–water partition coefficient (Wildman–Crippen LogP) is 5.14. The van der Waals surface area contributed by atoms with E-state index in [1.54, 1.807) is 22.7 Å². The van der Waals surface area contributed by atoms with Crippen LogP contribution < -0.4 is 10.6 Å². The van der Waals surface area contributed by atoms with Crippen molar-refractivity contribution in [3.63, 3.8) is 0 Å². The topological polar surface area (TPSA) is 75.6 Å². The molecule has 0 aliphatic carbocycles. The highest BCUT2D eigenvalue weighted by atomic mass is 32.1. The summed E-state index contributed by atoms with van der Waals surface area (Å²) in [6.07, 6.45) is 0. The van der Waals surface area contributed by atoms with Crippen LogP contribution in [0, 0.1) is 0 Å². The molecule has 0 bridgehead atoms. The molecule has 3 rings (SSSR count). The summed E-state index contributed by atoms with van der Waals surface area (Å²) in [5.74, 6) is 0. The Bertz CT molecular complexity index is 795. The molecule has 0 unspecified atom stereocenters. The first-order valence-electron chi connectivity index (χ1n) is 8.43. The molecule has 0 saturated heterocycles. The van der Waals surface area contributed by atoms with Gasteiger partial charge in [-0.2, -0.15) is 0 Å². The molecule has 0 radical (unpaired) electrons. The molecule has 8 heteroatoms. The first kappa shape index (κ1) is 18.7. The van der Waals surface area contributed by atoms with Crippen molar-refractivity contribution in [3.05, 3.63) is 24.3 Å². The normalized spacial score (nSPS) is 12.2. The Morgan fingerprint density at radius 3 is 1.27 bits per heavy atom. The molecule has 0 spiro atoms. The van der Waals surface area contributed by atoms with Crippen molar-refractivity contribution in [2.45, 2.75) is 52.6 Å². The van der Waals surface area contributed by atoms with E-state index < -0.39 is 0 Å². The standard InChI is InChI=1S/C18H24N6S2/c1-17(2,3)19-15-23-21-13(25-15)11-7-9-12(10-8-11)14-22-24-16(26-14)20-18(4,5)6/h7-10H,1-6H3,(H,19,23)(H,20,24). The third-order valence-electron chi connectivity index (χ3n) is 3.19. The van der Waals surface area contributed by atoms with E-state index in [0.717, 1.165) is 31.4 Å². The molecule has 0 amide bonds. The fourth-order valence-electron chi connectivity index (χ4n) is 2.18. The Morgan fingerprint density at radius 2 is 0.962 bits per heavy atom. The van der Waals surface area contributed by atoms with Crippen LogP contribution in [-0.2, 0) is 0 Å². The lowest BCUT2D eigenvalue weighted by Crippen LogP contribution is -2.25. The van der Waals surface area contributed by atoms with Crippen molar-refractivity contribution in [2.24, 2.45) is 0 Å². The van der Waals surface area contributed by atoms with Gasteiger partial charge in [-0.05, 0) is 41.5 Å². The second kappa shape index (κ2) is 6.92. The van der Waals surface area contributed by atoms with Gasteiger partial charge in [0.05, 0.1) is 0 Å². The zero-order chi connectivity index (χ0) is 18.9. The second-order valence-electron chi connectivity index (χ2n) is 8.15. The van der Waals surface area contributed by atoms with Gasteiger partial charge in [0.25, 0.3) is 0 Å². The fourth-order valence-corrected chi connectivity index (χ4v) is 4.09. The number of nitrogens with one attached hydrogen (secondary N) is 2. The van der Waals surface area contributed by atoms with Gasteiger partial charge in [-0.1, -0.05) is 46.9 Å². The SMILES string of the molecule is CC(C)(C)Nc1nnc(-c2ccc(-c3nnc(NC(C)(C)C)s3)cc2)s1. The summed E-state index contributed by atoms with van der Waals surface area (Å²) in [5.41, 5.74) is 2.03. The highest BCUT2D eigenvalue weighted by Gasteiger charge is 2.15. The van der Waals surface area contributed by atoms with E-state index in [1.165, 1.54) is 0 Å². The zero-order valence-electron chi connectivity index (χ0n) is 15.9. The Morgan fingerprint density at radius 1 is 0.615 bits per heavy atom. The van der Waals surface area contributed by atoms with Gasteiger partial charge >= 0.3 is 0 Å². The molecule has 138 valence electrons. The van der Waals surface area contributed by atoms with Crippen LogP contribution in [0.3, 0.4) is 0 Å². The number of benzene rings is 1. The number of nitrogens with zero attached hydrogens (tertiary/aromatic N) is 4. The van der Waals surface area contributed by atoms with E-state index in [4.69, 9.17) is 0 Å². The number of rotatable bonds is 4. The second-order valence-corrected chi connectivity index (χ2v) is 10.1. The minimum absolute atomic E-state index is 0.0305. The summed E-state index contributed by atoms with van der Waals surface area (Å²) < 4.78 is 0. The molecule has 0 fully saturated rings. The fraction of sp³-hybridized carbons (Fsp3) is 0.444. The molecule has 6 nitrogen and oxygen atoms in total. The van der Waals surface area contributed by atoms with Gasteiger partial charge in [-0.15, -0.1) is 20.4 Å².